The first-order valence-electron chi connectivity index (χ1n) is 7.85. The summed E-state index contributed by atoms with van der Waals surface area (Å²) in [6.45, 7) is 0.329. The maximum absolute atomic E-state index is 13.0. The van der Waals surface area contributed by atoms with Gasteiger partial charge in [0.1, 0.15) is 0 Å². The molecule has 1 saturated heterocycles. The summed E-state index contributed by atoms with van der Waals surface area (Å²) < 4.78 is 24.7. The molecule has 0 aliphatic carbocycles. The van der Waals surface area contributed by atoms with Crippen LogP contribution in [-0.4, -0.2) is 36.8 Å². The van der Waals surface area contributed by atoms with Crippen molar-refractivity contribution in [3.05, 3.63) is 69.2 Å². The Kier molecular flexibility index (Phi) is 5.51. The largest absolute Gasteiger partial charge is 0.330 e. The molecule has 0 aromatic heterocycles. The molecule has 1 heterocycles. The van der Waals surface area contributed by atoms with E-state index in [9.17, 15) is 13.2 Å². The average molecular weight is 443 g/mol. The van der Waals surface area contributed by atoms with E-state index in [-0.39, 0.29) is 23.5 Å². The van der Waals surface area contributed by atoms with Crippen molar-refractivity contribution in [3.8, 4) is 0 Å². The van der Waals surface area contributed by atoms with Gasteiger partial charge in [0, 0.05) is 27.6 Å². The van der Waals surface area contributed by atoms with E-state index in [1.807, 2.05) is 12.1 Å². The third kappa shape index (κ3) is 4.63. The highest BCUT2D eigenvalue weighted by Gasteiger charge is 2.35. The highest BCUT2D eigenvalue weighted by Crippen LogP contribution is 2.24. The summed E-state index contributed by atoms with van der Waals surface area (Å²) in [7, 11) is -3.09. The van der Waals surface area contributed by atoms with Gasteiger partial charge in [-0.05, 0) is 48.4 Å². The van der Waals surface area contributed by atoms with Crippen molar-refractivity contribution >= 4 is 43.3 Å². The van der Waals surface area contributed by atoms with Crippen molar-refractivity contribution in [1.29, 1.82) is 0 Å². The number of amides is 1. The monoisotopic (exact) mass is 441 g/mol. The first-order valence-corrected chi connectivity index (χ1v) is 10.8. The number of rotatable bonds is 4. The number of benzene rings is 2. The lowest BCUT2D eigenvalue weighted by molar-refractivity contribution is 0.0681. The van der Waals surface area contributed by atoms with E-state index < -0.39 is 9.84 Å². The molecule has 1 atom stereocenters. The Morgan fingerprint density at radius 2 is 1.92 bits per heavy atom. The zero-order valence-electron chi connectivity index (χ0n) is 13.4. The topological polar surface area (TPSA) is 54.5 Å². The van der Waals surface area contributed by atoms with E-state index >= 15 is 0 Å². The summed E-state index contributed by atoms with van der Waals surface area (Å²) in [6.07, 6.45) is 0.463. The van der Waals surface area contributed by atoms with Crippen LogP contribution in [0.5, 0.6) is 0 Å². The second-order valence-electron chi connectivity index (χ2n) is 6.13. The van der Waals surface area contributed by atoms with Crippen molar-refractivity contribution in [1.82, 2.24) is 4.90 Å². The Balaban J connectivity index is 1.91. The average Bonchev–Trinajstić information content (AvgIpc) is 2.92. The Morgan fingerprint density at radius 1 is 1.20 bits per heavy atom. The highest BCUT2D eigenvalue weighted by molar-refractivity contribution is 9.10. The van der Waals surface area contributed by atoms with Gasteiger partial charge in [0.15, 0.2) is 9.84 Å². The molecule has 7 heteroatoms. The van der Waals surface area contributed by atoms with Crippen LogP contribution in [0, 0.1) is 0 Å². The fourth-order valence-corrected chi connectivity index (χ4v) is 5.19. The van der Waals surface area contributed by atoms with E-state index in [4.69, 9.17) is 11.6 Å². The van der Waals surface area contributed by atoms with Gasteiger partial charge in [-0.15, -0.1) is 0 Å². The minimum atomic E-state index is -3.09. The SMILES string of the molecule is O=C(c1ccc(Br)cc1)N(Cc1cccc(Cl)c1)C1CCS(=O)(=O)C1. The van der Waals surface area contributed by atoms with E-state index in [0.717, 1.165) is 10.0 Å². The van der Waals surface area contributed by atoms with Gasteiger partial charge in [-0.2, -0.15) is 0 Å². The van der Waals surface area contributed by atoms with Gasteiger partial charge in [-0.1, -0.05) is 39.7 Å². The van der Waals surface area contributed by atoms with Gasteiger partial charge < -0.3 is 4.90 Å². The number of nitrogens with zero attached hydrogens (tertiary/aromatic N) is 1. The van der Waals surface area contributed by atoms with Crippen molar-refractivity contribution in [2.75, 3.05) is 11.5 Å². The lowest BCUT2D eigenvalue weighted by Crippen LogP contribution is -2.40. The van der Waals surface area contributed by atoms with Gasteiger partial charge in [-0.3, -0.25) is 4.79 Å². The van der Waals surface area contributed by atoms with Gasteiger partial charge in [0.25, 0.3) is 5.91 Å². The molecule has 2 aromatic carbocycles. The third-order valence-electron chi connectivity index (χ3n) is 4.24. The second-order valence-corrected chi connectivity index (χ2v) is 9.71. The molecule has 1 unspecified atom stereocenters. The summed E-state index contributed by atoms with van der Waals surface area (Å²) in [5.74, 6) is -0.0396. The lowest BCUT2D eigenvalue weighted by atomic mass is 10.1. The van der Waals surface area contributed by atoms with Gasteiger partial charge in [0.05, 0.1) is 11.5 Å². The second kappa shape index (κ2) is 7.48. The molecular formula is C18H17BrClNO3S. The first-order chi connectivity index (χ1) is 11.8. The zero-order valence-corrected chi connectivity index (χ0v) is 16.5. The number of carbonyl (C=O) groups is 1. The number of carbonyl (C=O) groups excluding carboxylic acids is 1. The molecule has 3 rings (SSSR count). The number of sulfone groups is 1. The van der Waals surface area contributed by atoms with Crippen LogP contribution in [0.4, 0.5) is 0 Å². The minimum absolute atomic E-state index is 0.00976. The van der Waals surface area contributed by atoms with Crippen LogP contribution < -0.4 is 0 Å². The van der Waals surface area contributed by atoms with E-state index in [1.165, 1.54) is 0 Å². The molecule has 0 radical (unpaired) electrons. The Labute approximate surface area is 160 Å². The quantitative estimate of drug-likeness (QED) is 0.721. The van der Waals surface area contributed by atoms with Crippen molar-refractivity contribution in [2.45, 2.75) is 19.0 Å². The number of hydrogen-bond donors (Lipinski definition) is 0. The van der Waals surface area contributed by atoms with Gasteiger partial charge >= 0.3 is 0 Å². The predicted octanol–water partition coefficient (Wildman–Crippen LogP) is 3.93. The highest BCUT2D eigenvalue weighted by atomic mass is 79.9. The normalized spacial score (nSPS) is 18.9. The fourth-order valence-electron chi connectivity index (χ4n) is 2.98. The predicted molar refractivity (Wildman–Crippen MR) is 103 cm³/mol. The van der Waals surface area contributed by atoms with Crippen LogP contribution in [0.2, 0.25) is 5.02 Å². The Hall–Kier alpha value is -1.37. The van der Waals surface area contributed by atoms with E-state index in [1.54, 1.807) is 41.3 Å². The standard InChI is InChI=1S/C18H17BrClNO3S/c19-15-6-4-14(5-7-15)18(22)21(17-8-9-25(23,24)12-17)11-13-2-1-3-16(20)10-13/h1-7,10,17H,8-9,11-12H2. The van der Waals surface area contributed by atoms with Crippen LogP contribution in [0.25, 0.3) is 0 Å². The van der Waals surface area contributed by atoms with Crippen LogP contribution in [0.15, 0.2) is 53.0 Å². The molecule has 25 heavy (non-hydrogen) atoms. The number of halogens is 2. The molecule has 4 nitrogen and oxygen atoms in total. The van der Waals surface area contributed by atoms with Crippen molar-refractivity contribution < 1.29 is 13.2 Å². The van der Waals surface area contributed by atoms with Crippen LogP contribution in [0.3, 0.4) is 0 Å². The molecule has 1 aliphatic heterocycles. The van der Waals surface area contributed by atoms with Crippen LogP contribution >= 0.6 is 27.5 Å². The van der Waals surface area contributed by atoms with Gasteiger partial charge in [-0.25, -0.2) is 8.42 Å². The smallest absolute Gasteiger partial charge is 0.254 e. The van der Waals surface area contributed by atoms with E-state index in [2.05, 4.69) is 15.9 Å². The van der Waals surface area contributed by atoms with Crippen LogP contribution in [-0.2, 0) is 16.4 Å². The molecule has 2 aromatic rings. The molecule has 132 valence electrons. The number of hydrogen-bond acceptors (Lipinski definition) is 3. The van der Waals surface area contributed by atoms with Crippen LogP contribution in [0.1, 0.15) is 22.3 Å². The summed E-state index contributed by atoms with van der Waals surface area (Å²) >= 11 is 9.40. The molecule has 0 spiro atoms. The van der Waals surface area contributed by atoms with Gasteiger partial charge in [0.2, 0.25) is 0 Å². The molecule has 0 bridgehead atoms. The Morgan fingerprint density at radius 3 is 2.52 bits per heavy atom. The molecule has 1 fully saturated rings. The molecule has 1 aliphatic rings. The summed E-state index contributed by atoms with van der Waals surface area (Å²) in [6, 6.07) is 14.0. The summed E-state index contributed by atoms with van der Waals surface area (Å²) in [5.41, 5.74) is 1.41. The molecule has 0 saturated carbocycles. The minimum Gasteiger partial charge on any atom is -0.330 e. The zero-order chi connectivity index (χ0) is 18.0. The fraction of sp³-hybridized carbons (Fsp3) is 0.278. The van der Waals surface area contributed by atoms with Crippen molar-refractivity contribution in [2.24, 2.45) is 0 Å². The van der Waals surface area contributed by atoms with E-state index in [0.29, 0.717) is 23.6 Å². The molecule has 1 amide bonds. The maximum Gasteiger partial charge on any atom is 0.254 e. The Bertz CT molecular complexity index is 883. The first kappa shape index (κ1) is 18.4. The lowest BCUT2D eigenvalue weighted by Gasteiger charge is -2.28. The third-order valence-corrected chi connectivity index (χ3v) is 6.76. The van der Waals surface area contributed by atoms with Crippen molar-refractivity contribution in [3.63, 3.8) is 0 Å². The molecular weight excluding hydrogens is 426 g/mol. The molecule has 0 N–H and O–H groups in total. The maximum atomic E-state index is 13.0. The summed E-state index contributed by atoms with van der Waals surface area (Å²) in [4.78, 5) is 14.7. The summed E-state index contributed by atoms with van der Waals surface area (Å²) in [5, 5.41) is 0.590.